The van der Waals surface area contributed by atoms with Crippen LogP contribution < -0.4 is 4.74 Å². The van der Waals surface area contributed by atoms with E-state index in [-0.39, 0.29) is 12.5 Å². The molecule has 0 radical (unpaired) electrons. The number of amides is 1. The van der Waals surface area contributed by atoms with Gasteiger partial charge in [-0.1, -0.05) is 31.0 Å². The van der Waals surface area contributed by atoms with Crippen LogP contribution in [0.4, 0.5) is 0 Å². The third-order valence-corrected chi connectivity index (χ3v) is 3.68. The van der Waals surface area contributed by atoms with Gasteiger partial charge in [0.05, 0.1) is 6.10 Å². The second-order valence-electron chi connectivity index (χ2n) is 5.30. The van der Waals surface area contributed by atoms with Crippen molar-refractivity contribution < 1.29 is 14.6 Å². The summed E-state index contributed by atoms with van der Waals surface area (Å²) in [4.78, 5) is 14.0. The molecule has 0 aromatic heterocycles. The zero-order chi connectivity index (χ0) is 14.4. The van der Waals surface area contributed by atoms with E-state index in [1.165, 1.54) is 12.8 Å². The minimum atomic E-state index is -0.598. The molecule has 1 saturated heterocycles. The Morgan fingerprint density at radius 2 is 1.90 bits per heavy atom. The molecule has 1 atom stereocenters. The van der Waals surface area contributed by atoms with Crippen LogP contribution in [0.15, 0.2) is 24.3 Å². The normalized spacial score (nSPS) is 17.4. The molecular formula is C16H23NO3. The molecule has 1 N–H and O–H groups in total. The van der Waals surface area contributed by atoms with Crippen LogP contribution in [-0.2, 0) is 4.79 Å². The van der Waals surface area contributed by atoms with Crippen LogP contribution in [-0.4, -0.2) is 35.6 Å². The van der Waals surface area contributed by atoms with Crippen LogP contribution in [0.1, 0.15) is 44.3 Å². The maximum absolute atomic E-state index is 12.1. The van der Waals surface area contributed by atoms with Gasteiger partial charge in [0.15, 0.2) is 6.61 Å². The van der Waals surface area contributed by atoms with Crippen LogP contribution in [0, 0.1) is 0 Å². The number of rotatable bonds is 4. The summed E-state index contributed by atoms with van der Waals surface area (Å²) >= 11 is 0. The van der Waals surface area contributed by atoms with Crippen molar-refractivity contribution in [3.8, 4) is 5.75 Å². The number of aliphatic hydroxyl groups excluding tert-OH is 1. The van der Waals surface area contributed by atoms with E-state index >= 15 is 0 Å². The van der Waals surface area contributed by atoms with Gasteiger partial charge in [-0.3, -0.25) is 4.79 Å². The second kappa shape index (κ2) is 7.29. The maximum atomic E-state index is 12.1. The molecule has 1 aliphatic heterocycles. The highest BCUT2D eigenvalue weighted by Gasteiger charge is 2.17. The molecular weight excluding hydrogens is 254 g/mol. The van der Waals surface area contributed by atoms with Crippen molar-refractivity contribution in [3.63, 3.8) is 0 Å². The fraction of sp³-hybridized carbons (Fsp3) is 0.562. The third kappa shape index (κ3) is 3.97. The first-order valence-electron chi connectivity index (χ1n) is 7.36. The van der Waals surface area contributed by atoms with Gasteiger partial charge in [-0.25, -0.2) is 0 Å². The van der Waals surface area contributed by atoms with Crippen molar-refractivity contribution >= 4 is 5.91 Å². The number of carbonyl (C=O) groups excluding carboxylic acids is 1. The lowest BCUT2D eigenvalue weighted by Crippen LogP contribution is -2.35. The summed E-state index contributed by atoms with van der Waals surface area (Å²) in [6.07, 6.45) is 3.97. The molecule has 0 saturated carbocycles. The van der Waals surface area contributed by atoms with Gasteiger partial charge in [-0.2, -0.15) is 0 Å². The molecule has 4 nitrogen and oxygen atoms in total. The lowest BCUT2D eigenvalue weighted by molar-refractivity contribution is -0.133. The predicted octanol–water partition coefficient (Wildman–Crippen LogP) is 2.52. The minimum absolute atomic E-state index is 0.0345. The zero-order valence-corrected chi connectivity index (χ0v) is 12.0. The molecule has 1 heterocycles. The number of likely N-dealkylation sites (tertiary alicyclic amines) is 1. The summed E-state index contributed by atoms with van der Waals surface area (Å²) in [7, 11) is 0. The Bertz CT molecular complexity index is 437. The fourth-order valence-electron chi connectivity index (χ4n) is 2.51. The highest BCUT2D eigenvalue weighted by Crippen LogP contribution is 2.24. The molecule has 1 fully saturated rings. The summed E-state index contributed by atoms with van der Waals surface area (Å²) in [5, 5.41) is 9.68. The topological polar surface area (TPSA) is 49.8 Å². The second-order valence-corrected chi connectivity index (χ2v) is 5.30. The molecule has 1 amide bonds. The standard InChI is InChI=1S/C16H23NO3/c1-13(18)14-8-4-5-9-15(14)20-12-16(19)17-10-6-2-3-7-11-17/h4-5,8-9,13,18H,2-3,6-7,10-12H2,1H3/t13-/m1/s1. The van der Waals surface area contributed by atoms with Gasteiger partial charge < -0.3 is 14.7 Å². The molecule has 0 bridgehead atoms. The van der Waals surface area contributed by atoms with E-state index in [4.69, 9.17) is 4.74 Å². The van der Waals surface area contributed by atoms with E-state index < -0.39 is 6.10 Å². The number of hydrogen-bond donors (Lipinski definition) is 1. The van der Waals surface area contributed by atoms with Crippen molar-refractivity contribution in [2.24, 2.45) is 0 Å². The van der Waals surface area contributed by atoms with Crippen LogP contribution in [0.5, 0.6) is 5.75 Å². The molecule has 0 spiro atoms. The Balaban J connectivity index is 1.92. The van der Waals surface area contributed by atoms with Gasteiger partial charge >= 0.3 is 0 Å². The first-order valence-corrected chi connectivity index (χ1v) is 7.36. The highest BCUT2D eigenvalue weighted by atomic mass is 16.5. The number of benzene rings is 1. The Labute approximate surface area is 120 Å². The van der Waals surface area contributed by atoms with Crippen LogP contribution in [0.25, 0.3) is 0 Å². The number of ether oxygens (including phenoxy) is 1. The molecule has 2 rings (SSSR count). The van der Waals surface area contributed by atoms with Gasteiger partial charge in [0, 0.05) is 18.7 Å². The summed E-state index contributed by atoms with van der Waals surface area (Å²) in [6, 6.07) is 7.30. The van der Waals surface area contributed by atoms with Crippen molar-refractivity contribution in [1.82, 2.24) is 4.90 Å². The van der Waals surface area contributed by atoms with Crippen molar-refractivity contribution in [2.45, 2.75) is 38.7 Å². The van der Waals surface area contributed by atoms with E-state index in [1.54, 1.807) is 13.0 Å². The Kier molecular flexibility index (Phi) is 5.41. The average molecular weight is 277 g/mol. The summed E-state index contributed by atoms with van der Waals surface area (Å²) in [6.45, 7) is 3.41. The molecule has 1 aromatic carbocycles. The van der Waals surface area contributed by atoms with Crippen LogP contribution >= 0.6 is 0 Å². The Morgan fingerprint density at radius 3 is 2.55 bits per heavy atom. The molecule has 20 heavy (non-hydrogen) atoms. The molecule has 1 aliphatic rings. The fourth-order valence-corrected chi connectivity index (χ4v) is 2.51. The number of hydrogen-bond acceptors (Lipinski definition) is 3. The lowest BCUT2D eigenvalue weighted by Gasteiger charge is -2.21. The monoisotopic (exact) mass is 277 g/mol. The maximum Gasteiger partial charge on any atom is 0.260 e. The summed E-state index contributed by atoms with van der Waals surface area (Å²) < 4.78 is 5.60. The van der Waals surface area contributed by atoms with Crippen LogP contribution in [0.3, 0.4) is 0 Å². The predicted molar refractivity (Wildman–Crippen MR) is 77.6 cm³/mol. The Hall–Kier alpha value is -1.55. The van der Waals surface area contributed by atoms with Gasteiger partial charge in [-0.05, 0) is 25.8 Å². The zero-order valence-electron chi connectivity index (χ0n) is 12.0. The van der Waals surface area contributed by atoms with Crippen LogP contribution in [0.2, 0.25) is 0 Å². The first kappa shape index (κ1) is 14.9. The molecule has 1 aromatic rings. The number of nitrogens with zero attached hydrogens (tertiary/aromatic N) is 1. The molecule has 110 valence electrons. The summed E-state index contributed by atoms with van der Waals surface area (Å²) in [5.41, 5.74) is 0.719. The van der Waals surface area contributed by atoms with Gasteiger partial charge in [0.1, 0.15) is 5.75 Å². The van der Waals surface area contributed by atoms with E-state index in [1.807, 2.05) is 23.1 Å². The highest BCUT2D eigenvalue weighted by molar-refractivity contribution is 5.77. The number of para-hydroxylation sites is 1. The number of aliphatic hydroxyl groups is 1. The molecule has 4 heteroatoms. The molecule has 0 unspecified atom stereocenters. The van der Waals surface area contributed by atoms with Crippen molar-refractivity contribution in [3.05, 3.63) is 29.8 Å². The van der Waals surface area contributed by atoms with E-state index in [0.29, 0.717) is 5.75 Å². The van der Waals surface area contributed by atoms with E-state index in [0.717, 1.165) is 31.5 Å². The average Bonchev–Trinajstić information content (AvgIpc) is 2.74. The minimum Gasteiger partial charge on any atom is -0.483 e. The largest absolute Gasteiger partial charge is 0.483 e. The first-order chi connectivity index (χ1) is 9.68. The number of carbonyl (C=O) groups is 1. The Morgan fingerprint density at radius 1 is 1.25 bits per heavy atom. The quantitative estimate of drug-likeness (QED) is 0.920. The lowest BCUT2D eigenvalue weighted by atomic mass is 10.1. The smallest absolute Gasteiger partial charge is 0.260 e. The van der Waals surface area contributed by atoms with E-state index in [2.05, 4.69) is 0 Å². The van der Waals surface area contributed by atoms with Gasteiger partial charge in [0.2, 0.25) is 0 Å². The van der Waals surface area contributed by atoms with Gasteiger partial charge in [0.25, 0.3) is 5.91 Å². The van der Waals surface area contributed by atoms with Crippen molar-refractivity contribution in [1.29, 1.82) is 0 Å². The van der Waals surface area contributed by atoms with Gasteiger partial charge in [-0.15, -0.1) is 0 Å². The SMILES string of the molecule is C[C@@H](O)c1ccccc1OCC(=O)N1CCCCCC1. The third-order valence-electron chi connectivity index (χ3n) is 3.68. The summed E-state index contributed by atoms with van der Waals surface area (Å²) in [5.74, 6) is 0.623. The molecule has 0 aliphatic carbocycles. The van der Waals surface area contributed by atoms with E-state index in [9.17, 15) is 9.90 Å². The van der Waals surface area contributed by atoms with Crippen molar-refractivity contribution in [2.75, 3.05) is 19.7 Å².